The molecule has 1 aliphatic carbocycles. The Morgan fingerprint density at radius 1 is 1.32 bits per heavy atom. The van der Waals surface area contributed by atoms with Crippen molar-refractivity contribution < 1.29 is 9.63 Å². The number of hydrogen-bond acceptors (Lipinski definition) is 4. The second-order valence-electron chi connectivity index (χ2n) is 4.92. The summed E-state index contributed by atoms with van der Waals surface area (Å²) in [6, 6.07) is 7.62. The fourth-order valence-corrected chi connectivity index (χ4v) is 2.73. The third kappa shape index (κ3) is 2.65. The molecule has 0 spiro atoms. The second-order valence-corrected chi connectivity index (χ2v) is 5.33. The number of benzene rings is 1. The smallest absolute Gasteiger partial charge is 0.232 e. The Morgan fingerprint density at radius 3 is 2.89 bits per heavy atom. The quantitative estimate of drug-likeness (QED) is 0.938. The first-order chi connectivity index (χ1) is 9.24. The van der Waals surface area contributed by atoms with Crippen LogP contribution in [0.5, 0.6) is 0 Å². The van der Waals surface area contributed by atoms with E-state index < -0.39 is 0 Å². The van der Waals surface area contributed by atoms with E-state index in [2.05, 4.69) is 10.1 Å². The molecule has 3 rings (SSSR count). The molecule has 0 aliphatic heterocycles. The van der Waals surface area contributed by atoms with E-state index >= 15 is 0 Å². The highest BCUT2D eigenvalue weighted by atomic mass is 35.5. The highest BCUT2D eigenvalue weighted by molar-refractivity contribution is 6.31. The molecule has 2 atom stereocenters. The standard InChI is InChI=1S/C14H15ClN2O2/c15-11-6-2-1-4-9(11)8-13-16-14(19-17-13)10-5-3-7-12(10)18/h1-2,4,6,10,12,18H,3,5,7-8H2. The summed E-state index contributed by atoms with van der Waals surface area (Å²) in [4.78, 5) is 4.38. The van der Waals surface area contributed by atoms with Gasteiger partial charge in [-0.3, -0.25) is 0 Å². The molecule has 0 amide bonds. The number of rotatable bonds is 3. The van der Waals surface area contributed by atoms with Crippen molar-refractivity contribution in [1.82, 2.24) is 10.1 Å². The van der Waals surface area contributed by atoms with Crippen LogP contribution >= 0.6 is 11.6 Å². The molecule has 19 heavy (non-hydrogen) atoms. The minimum Gasteiger partial charge on any atom is -0.392 e. The molecule has 1 aromatic heterocycles. The lowest BCUT2D eigenvalue weighted by molar-refractivity contribution is 0.148. The highest BCUT2D eigenvalue weighted by Crippen LogP contribution is 2.33. The van der Waals surface area contributed by atoms with Crippen LogP contribution in [0, 0.1) is 0 Å². The minimum atomic E-state index is -0.353. The molecule has 1 aromatic carbocycles. The zero-order valence-corrected chi connectivity index (χ0v) is 11.2. The molecule has 1 N–H and O–H groups in total. The molecule has 4 nitrogen and oxygen atoms in total. The van der Waals surface area contributed by atoms with Gasteiger partial charge in [-0.2, -0.15) is 4.98 Å². The summed E-state index contributed by atoms with van der Waals surface area (Å²) in [5.41, 5.74) is 0.975. The van der Waals surface area contributed by atoms with E-state index in [1.165, 1.54) is 0 Å². The predicted octanol–water partition coefficient (Wildman–Crippen LogP) is 2.94. The zero-order valence-electron chi connectivity index (χ0n) is 10.4. The summed E-state index contributed by atoms with van der Waals surface area (Å²) in [5, 5.41) is 14.5. The summed E-state index contributed by atoms with van der Waals surface area (Å²) in [5.74, 6) is 1.15. The van der Waals surface area contributed by atoms with E-state index in [1.807, 2.05) is 24.3 Å². The molecular weight excluding hydrogens is 264 g/mol. The topological polar surface area (TPSA) is 59.2 Å². The molecule has 1 saturated carbocycles. The molecule has 0 radical (unpaired) electrons. The van der Waals surface area contributed by atoms with Crippen LogP contribution in [0.1, 0.15) is 42.5 Å². The second kappa shape index (κ2) is 5.31. The van der Waals surface area contributed by atoms with Crippen molar-refractivity contribution in [2.24, 2.45) is 0 Å². The van der Waals surface area contributed by atoms with Gasteiger partial charge in [0.05, 0.1) is 12.0 Å². The summed E-state index contributed by atoms with van der Waals surface area (Å²) in [6.45, 7) is 0. The number of aliphatic hydroxyl groups is 1. The first-order valence-corrected chi connectivity index (χ1v) is 6.86. The lowest BCUT2D eigenvalue weighted by Gasteiger charge is -2.07. The first-order valence-electron chi connectivity index (χ1n) is 6.48. The van der Waals surface area contributed by atoms with Gasteiger partial charge >= 0.3 is 0 Å². The van der Waals surface area contributed by atoms with E-state index in [9.17, 15) is 5.11 Å². The molecule has 1 aliphatic rings. The average Bonchev–Trinajstić information content (AvgIpc) is 3.01. The van der Waals surface area contributed by atoms with Crippen molar-refractivity contribution in [2.45, 2.75) is 37.7 Å². The third-order valence-electron chi connectivity index (χ3n) is 3.59. The van der Waals surface area contributed by atoms with Crippen molar-refractivity contribution >= 4 is 11.6 Å². The van der Waals surface area contributed by atoms with Crippen LogP contribution in [0.15, 0.2) is 28.8 Å². The van der Waals surface area contributed by atoms with Crippen molar-refractivity contribution in [3.8, 4) is 0 Å². The normalized spacial score (nSPS) is 22.8. The Labute approximate surface area is 116 Å². The van der Waals surface area contributed by atoms with Gasteiger partial charge in [-0.05, 0) is 30.9 Å². The number of aromatic nitrogens is 2. The number of nitrogens with zero attached hydrogens (tertiary/aromatic N) is 2. The maximum absolute atomic E-state index is 9.84. The largest absolute Gasteiger partial charge is 0.392 e. The van der Waals surface area contributed by atoms with E-state index in [0.29, 0.717) is 23.2 Å². The maximum atomic E-state index is 9.84. The van der Waals surface area contributed by atoms with E-state index in [1.54, 1.807) is 0 Å². The van der Waals surface area contributed by atoms with Crippen LogP contribution in [-0.4, -0.2) is 21.4 Å². The van der Waals surface area contributed by atoms with Gasteiger partial charge in [0.15, 0.2) is 5.82 Å². The van der Waals surface area contributed by atoms with Crippen LogP contribution in [0.4, 0.5) is 0 Å². The molecule has 2 unspecified atom stereocenters. The van der Waals surface area contributed by atoms with Crippen LogP contribution < -0.4 is 0 Å². The van der Waals surface area contributed by atoms with Gasteiger partial charge in [-0.25, -0.2) is 0 Å². The van der Waals surface area contributed by atoms with E-state index in [4.69, 9.17) is 16.1 Å². The number of hydrogen-bond donors (Lipinski definition) is 1. The third-order valence-corrected chi connectivity index (χ3v) is 3.96. The van der Waals surface area contributed by atoms with Crippen molar-refractivity contribution in [3.63, 3.8) is 0 Å². The van der Waals surface area contributed by atoms with Gasteiger partial charge in [0, 0.05) is 11.4 Å². The average molecular weight is 279 g/mol. The molecule has 0 saturated heterocycles. The van der Waals surface area contributed by atoms with Crippen LogP contribution in [0.3, 0.4) is 0 Å². The van der Waals surface area contributed by atoms with Gasteiger partial charge in [-0.15, -0.1) is 0 Å². The molecule has 1 heterocycles. The summed E-state index contributed by atoms with van der Waals surface area (Å²) in [7, 11) is 0. The fourth-order valence-electron chi connectivity index (χ4n) is 2.53. The number of aliphatic hydroxyl groups excluding tert-OH is 1. The Bertz CT molecular complexity index is 570. The Hall–Kier alpha value is -1.39. The molecule has 1 fully saturated rings. The summed E-state index contributed by atoms with van der Waals surface area (Å²) >= 11 is 6.11. The van der Waals surface area contributed by atoms with Gasteiger partial charge < -0.3 is 9.63 Å². The monoisotopic (exact) mass is 278 g/mol. The summed E-state index contributed by atoms with van der Waals surface area (Å²) < 4.78 is 5.27. The Morgan fingerprint density at radius 2 is 2.16 bits per heavy atom. The highest BCUT2D eigenvalue weighted by Gasteiger charge is 2.31. The molecule has 100 valence electrons. The van der Waals surface area contributed by atoms with Crippen molar-refractivity contribution in [2.75, 3.05) is 0 Å². The lowest BCUT2D eigenvalue weighted by Crippen LogP contribution is -2.11. The lowest BCUT2D eigenvalue weighted by atomic mass is 10.1. The minimum absolute atomic E-state index is 0.00695. The molecule has 5 heteroatoms. The molecule has 0 bridgehead atoms. The molecule has 2 aromatic rings. The van der Waals surface area contributed by atoms with Gasteiger partial charge in [0.25, 0.3) is 0 Å². The number of halogens is 1. The fraction of sp³-hybridized carbons (Fsp3) is 0.429. The van der Waals surface area contributed by atoms with Crippen LogP contribution in [0.2, 0.25) is 5.02 Å². The van der Waals surface area contributed by atoms with Crippen molar-refractivity contribution in [3.05, 3.63) is 46.6 Å². The Balaban J connectivity index is 1.77. The van der Waals surface area contributed by atoms with Crippen LogP contribution in [-0.2, 0) is 6.42 Å². The zero-order chi connectivity index (χ0) is 13.2. The van der Waals surface area contributed by atoms with E-state index in [-0.39, 0.29) is 12.0 Å². The van der Waals surface area contributed by atoms with Gasteiger partial charge in [0.1, 0.15) is 0 Å². The van der Waals surface area contributed by atoms with Crippen LogP contribution in [0.25, 0.3) is 0 Å². The predicted molar refractivity (Wildman–Crippen MR) is 71.2 cm³/mol. The van der Waals surface area contributed by atoms with Crippen molar-refractivity contribution in [1.29, 1.82) is 0 Å². The molecular formula is C14H15ClN2O2. The van der Waals surface area contributed by atoms with Gasteiger partial charge in [-0.1, -0.05) is 35.0 Å². The van der Waals surface area contributed by atoms with E-state index in [0.717, 1.165) is 24.8 Å². The Kier molecular flexibility index (Phi) is 3.53. The summed E-state index contributed by atoms with van der Waals surface area (Å²) in [6.07, 6.45) is 2.93. The first kappa shape index (κ1) is 12.6. The maximum Gasteiger partial charge on any atom is 0.232 e. The SMILES string of the molecule is OC1CCCC1c1nc(Cc2ccccc2Cl)no1. The van der Waals surface area contributed by atoms with Gasteiger partial charge in [0.2, 0.25) is 5.89 Å².